The van der Waals surface area contributed by atoms with Gasteiger partial charge in [-0.15, -0.1) is 0 Å². The first kappa shape index (κ1) is 39.5. The number of fused-ring (bicyclic) bond motifs is 8. The Labute approximate surface area is 356 Å². The molecule has 0 aromatic heterocycles. The highest BCUT2D eigenvalue weighted by molar-refractivity contribution is 5.89. The van der Waals surface area contributed by atoms with E-state index in [2.05, 4.69) is 77.4 Å². The molecule has 0 radical (unpaired) electrons. The van der Waals surface area contributed by atoms with Crippen LogP contribution >= 0.6 is 0 Å². The summed E-state index contributed by atoms with van der Waals surface area (Å²) in [5.74, 6) is 2.26. The number of nitrogens with one attached hydrogen (secondary N) is 2. The number of aryl methyl sites for hydroxylation is 1. The number of hydrogen-bond donors (Lipinski definition) is 5. The maximum Gasteiger partial charge on any atom is 0.160 e. The van der Waals surface area contributed by atoms with E-state index < -0.39 is 6.10 Å². The highest BCUT2D eigenvalue weighted by Gasteiger charge is 2.45. The third-order valence-corrected chi connectivity index (χ3v) is 13.3. The van der Waals surface area contributed by atoms with Gasteiger partial charge in [-0.2, -0.15) is 0 Å². The summed E-state index contributed by atoms with van der Waals surface area (Å²) in [7, 11) is 3.41. The van der Waals surface area contributed by atoms with E-state index in [0.29, 0.717) is 51.3 Å². The molecule has 0 saturated carbocycles. The topological polar surface area (TPSA) is 134 Å². The Bertz CT molecular complexity index is 2640. The molecular formula is C51H53N3O7. The van der Waals surface area contributed by atoms with Gasteiger partial charge in [0.1, 0.15) is 29.5 Å². The molecule has 5 unspecified atom stereocenters. The zero-order valence-corrected chi connectivity index (χ0v) is 34.7. The van der Waals surface area contributed by atoms with Crippen molar-refractivity contribution in [1.29, 1.82) is 0 Å². The molecule has 0 fully saturated rings. The number of aromatic hydroxyl groups is 2. The molecule has 5 aromatic rings. The standard InChI is InChI=1S/C51H53N3O7/c1-52-28-59-45-25-38-37-24-40-46(31-10-15-41-30(21-31)18-20-54-41)33(26-53-19-6-9-29-7-4-3-5-8-29)22-39-42(56)17-14-35(47(39)40)48(37)51-36(13-12-34(27-55)60-51)50(38)61-49(45)32-11-16-43(57)44(23-32)58-2/h3-5,7-8,10-11,14-18,21-23,34,40,45-46,49,52-53,55-57H,6,9,12-13,19-20,24-28H2,1-2H3. The number of hydrogen-bond acceptors (Lipinski definition) is 10. The Morgan fingerprint density at radius 2 is 1.74 bits per heavy atom. The molecule has 5 N–H and O–H groups in total. The Morgan fingerprint density at radius 3 is 2.57 bits per heavy atom. The molecular weight excluding hydrogens is 767 g/mol. The van der Waals surface area contributed by atoms with Crippen LogP contribution in [0, 0.1) is 0 Å². The molecule has 0 spiro atoms. The average Bonchev–Trinajstić information content (AvgIpc) is 3.77. The Hall–Kier alpha value is -5.65. The van der Waals surface area contributed by atoms with Gasteiger partial charge in [-0.25, -0.2) is 0 Å². The first-order valence-electron chi connectivity index (χ1n) is 21.7. The number of benzene rings is 5. The predicted octanol–water partition coefficient (Wildman–Crippen LogP) is 6.15. The Balaban J connectivity index is 1.11. The lowest BCUT2D eigenvalue weighted by atomic mass is 9.63. The molecule has 0 saturated heterocycles. The highest BCUT2D eigenvalue weighted by Crippen LogP contribution is 2.60. The highest BCUT2D eigenvalue weighted by atomic mass is 16.6. The van der Waals surface area contributed by atoms with E-state index >= 15 is 0 Å². The summed E-state index contributed by atoms with van der Waals surface area (Å²) in [5.41, 5.74) is 12.0. The van der Waals surface area contributed by atoms with E-state index in [4.69, 9.17) is 23.9 Å². The second-order valence-electron chi connectivity index (χ2n) is 16.9. The number of phenolic OH excluding ortho intramolecular Hbond substituents is 2. The van der Waals surface area contributed by atoms with Crippen LogP contribution in [0.2, 0.25) is 0 Å². The number of nitrogens with zero attached hydrogens (tertiary/aromatic N) is 1. The molecule has 3 aliphatic heterocycles. The van der Waals surface area contributed by atoms with Gasteiger partial charge in [-0.1, -0.05) is 54.6 Å². The maximum absolute atomic E-state index is 11.7. The van der Waals surface area contributed by atoms with Crippen molar-refractivity contribution in [3.8, 4) is 39.9 Å². The average molecular weight is 820 g/mol. The van der Waals surface area contributed by atoms with Gasteiger partial charge in [0.15, 0.2) is 17.6 Å². The first-order valence-corrected chi connectivity index (χ1v) is 21.7. The van der Waals surface area contributed by atoms with Crippen LogP contribution in [0.3, 0.4) is 0 Å². The third kappa shape index (κ3) is 7.15. The van der Waals surface area contributed by atoms with Gasteiger partial charge in [-0.3, -0.25) is 10.3 Å². The fourth-order valence-corrected chi connectivity index (χ4v) is 10.5. The van der Waals surface area contributed by atoms with Crippen molar-refractivity contribution < 1.29 is 34.3 Å². The number of aliphatic hydroxyl groups excluding tert-OH is 1. The Kier molecular flexibility index (Phi) is 10.8. The minimum Gasteiger partial charge on any atom is -0.507 e. The number of methoxy groups -OCH3 is 1. The van der Waals surface area contributed by atoms with E-state index in [0.717, 1.165) is 86.0 Å². The summed E-state index contributed by atoms with van der Waals surface area (Å²) in [6.45, 7) is 2.47. The molecule has 10 heteroatoms. The minimum atomic E-state index is -0.495. The fourth-order valence-electron chi connectivity index (χ4n) is 10.5. The number of aliphatic hydroxyl groups is 1. The normalized spacial score (nSPS) is 21.6. The number of phenols is 2. The minimum absolute atomic E-state index is 0.0118. The van der Waals surface area contributed by atoms with Gasteiger partial charge in [0.05, 0.1) is 32.3 Å². The van der Waals surface area contributed by atoms with Crippen LogP contribution in [0.1, 0.15) is 75.3 Å². The molecule has 10 rings (SSSR count). The van der Waals surface area contributed by atoms with E-state index in [1.54, 1.807) is 13.2 Å². The number of ether oxygens (including phenoxy) is 4. The van der Waals surface area contributed by atoms with E-state index in [9.17, 15) is 15.3 Å². The van der Waals surface area contributed by atoms with Crippen LogP contribution in [0.5, 0.6) is 28.7 Å². The van der Waals surface area contributed by atoms with Crippen molar-refractivity contribution in [2.75, 3.05) is 47.1 Å². The molecule has 5 aliphatic rings. The van der Waals surface area contributed by atoms with Crippen molar-refractivity contribution in [2.45, 2.75) is 68.7 Å². The van der Waals surface area contributed by atoms with E-state index in [1.165, 1.54) is 16.7 Å². The zero-order valence-electron chi connectivity index (χ0n) is 34.7. The smallest absolute Gasteiger partial charge is 0.160 e. The van der Waals surface area contributed by atoms with Gasteiger partial charge in [0.25, 0.3) is 0 Å². The zero-order chi connectivity index (χ0) is 41.6. The molecule has 3 heterocycles. The molecule has 0 bridgehead atoms. The fraction of sp³-hybridized carbons (Fsp3) is 0.353. The van der Waals surface area contributed by atoms with Gasteiger partial charge in [0.2, 0.25) is 0 Å². The van der Waals surface area contributed by atoms with Crippen LogP contribution in [-0.2, 0) is 30.4 Å². The van der Waals surface area contributed by atoms with Crippen LogP contribution in [0.4, 0.5) is 0 Å². The van der Waals surface area contributed by atoms with Crippen LogP contribution < -0.4 is 35.4 Å². The molecule has 0 amide bonds. The monoisotopic (exact) mass is 819 g/mol. The lowest BCUT2D eigenvalue weighted by molar-refractivity contribution is -0.0436. The summed E-state index contributed by atoms with van der Waals surface area (Å²) in [6, 6.07) is 26.6. The van der Waals surface area contributed by atoms with E-state index in [-0.39, 0.29) is 42.1 Å². The van der Waals surface area contributed by atoms with Crippen molar-refractivity contribution in [3.63, 3.8) is 0 Å². The molecule has 314 valence electrons. The van der Waals surface area contributed by atoms with Crippen molar-refractivity contribution in [2.24, 2.45) is 4.99 Å². The largest absolute Gasteiger partial charge is 0.507 e. The predicted molar refractivity (Wildman–Crippen MR) is 235 cm³/mol. The van der Waals surface area contributed by atoms with Crippen molar-refractivity contribution in [1.82, 2.24) is 10.6 Å². The van der Waals surface area contributed by atoms with Gasteiger partial charge in [-0.05, 0) is 132 Å². The van der Waals surface area contributed by atoms with Crippen LogP contribution in [0.15, 0.2) is 89.4 Å². The molecule has 10 nitrogen and oxygen atoms in total. The second-order valence-corrected chi connectivity index (χ2v) is 16.9. The summed E-state index contributed by atoms with van der Waals surface area (Å²) in [5, 5.41) is 41.8. The number of rotatable bonds is 13. The SMILES string of the molecule is CNCOC1Cc2c3c(c4c(c2OC1c1ccc(O)c(OC)c1)CCC(CO)O4)-c1ccc(O)c2c1C(C3)C(c1ccc3c(c1)=CCN=3)C(CNCCCc1ccccc1)=C2. The van der Waals surface area contributed by atoms with Gasteiger partial charge >= 0.3 is 0 Å². The molecule has 5 aromatic carbocycles. The summed E-state index contributed by atoms with van der Waals surface area (Å²) >= 11 is 0. The quantitative estimate of drug-likeness (QED) is 0.0701. The van der Waals surface area contributed by atoms with Gasteiger partial charge in [0, 0.05) is 41.1 Å². The van der Waals surface area contributed by atoms with Crippen LogP contribution in [-0.4, -0.2) is 74.7 Å². The van der Waals surface area contributed by atoms with Crippen molar-refractivity contribution >= 4 is 12.2 Å². The second kappa shape index (κ2) is 16.7. The third-order valence-electron chi connectivity index (χ3n) is 13.3. The van der Waals surface area contributed by atoms with Crippen LogP contribution in [0.25, 0.3) is 23.3 Å². The first-order chi connectivity index (χ1) is 29.9. The Morgan fingerprint density at radius 1 is 0.885 bits per heavy atom. The maximum atomic E-state index is 11.7. The summed E-state index contributed by atoms with van der Waals surface area (Å²) in [4.78, 5) is 4.72. The lowest BCUT2D eigenvalue weighted by Crippen LogP contribution is -2.38. The molecule has 2 aliphatic carbocycles. The van der Waals surface area contributed by atoms with Crippen molar-refractivity contribution in [3.05, 3.63) is 140 Å². The summed E-state index contributed by atoms with van der Waals surface area (Å²) in [6.07, 6.45) is 7.84. The van der Waals surface area contributed by atoms with Gasteiger partial charge < -0.3 is 39.6 Å². The molecule has 5 atom stereocenters. The van der Waals surface area contributed by atoms with E-state index in [1.807, 2.05) is 25.2 Å². The molecule has 61 heavy (non-hydrogen) atoms. The summed E-state index contributed by atoms with van der Waals surface area (Å²) < 4.78 is 26.1. The lowest BCUT2D eigenvalue weighted by Gasteiger charge is -2.44.